The van der Waals surface area contributed by atoms with Gasteiger partial charge in [-0.3, -0.25) is 14.3 Å². The summed E-state index contributed by atoms with van der Waals surface area (Å²) in [5.41, 5.74) is 0.664. The first-order chi connectivity index (χ1) is 12.0. The van der Waals surface area contributed by atoms with E-state index in [-0.39, 0.29) is 24.7 Å². The SMILES string of the molecule is COc1cc(CC(=O)Nc2ccn(CC(=O)O)n2)cc(OC)c1OC. The highest BCUT2D eigenvalue weighted by atomic mass is 16.5. The number of carbonyl (C=O) groups excluding carboxylic acids is 1. The van der Waals surface area contributed by atoms with Crippen LogP contribution in [0.4, 0.5) is 5.82 Å². The number of aromatic nitrogens is 2. The Morgan fingerprint density at radius 1 is 1.16 bits per heavy atom. The van der Waals surface area contributed by atoms with Crippen molar-refractivity contribution in [2.45, 2.75) is 13.0 Å². The number of carboxylic acids is 1. The number of hydrogen-bond acceptors (Lipinski definition) is 6. The number of anilines is 1. The number of methoxy groups -OCH3 is 3. The Labute approximate surface area is 144 Å². The molecule has 0 bridgehead atoms. The number of ether oxygens (including phenoxy) is 3. The zero-order chi connectivity index (χ0) is 18.4. The minimum Gasteiger partial charge on any atom is -0.493 e. The molecule has 1 aromatic carbocycles. The summed E-state index contributed by atoms with van der Waals surface area (Å²) in [6.07, 6.45) is 1.53. The van der Waals surface area contributed by atoms with Crippen molar-refractivity contribution in [2.24, 2.45) is 0 Å². The molecule has 2 N–H and O–H groups in total. The molecule has 0 atom stereocenters. The molecule has 0 aliphatic carbocycles. The predicted molar refractivity (Wildman–Crippen MR) is 88.3 cm³/mol. The molecule has 0 aliphatic rings. The quantitative estimate of drug-likeness (QED) is 0.736. The lowest BCUT2D eigenvalue weighted by atomic mass is 10.1. The van der Waals surface area contributed by atoms with Crippen molar-refractivity contribution >= 4 is 17.7 Å². The van der Waals surface area contributed by atoms with Gasteiger partial charge in [-0.2, -0.15) is 5.10 Å². The number of benzene rings is 1. The number of carboxylic acid groups (broad SMARTS) is 1. The highest BCUT2D eigenvalue weighted by Gasteiger charge is 2.15. The molecule has 9 heteroatoms. The van der Waals surface area contributed by atoms with Gasteiger partial charge in [0.2, 0.25) is 11.7 Å². The minimum absolute atomic E-state index is 0.0580. The third-order valence-electron chi connectivity index (χ3n) is 3.29. The summed E-state index contributed by atoms with van der Waals surface area (Å²) in [4.78, 5) is 22.8. The molecule has 9 nitrogen and oxygen atoms in total. The van der Waals surface area contributed by atoms with E-state index < -0.39 is 5.97 Å². The van der Waals surface area contributed by atoms with Crippen LogP contribution in [0, 0.1) is 0 Å². The first-order valence-corrected chi connectivity index (χ1v) is 7.30. The van der Waals surface area contributed by atoms with Gasteiger partial charge in [0.15, 0.2) is 17.3 Å². The molecular weight excluding hydrogens is 330 g/mol. The van der Waals surface area contributed by atoms with Gasteiger partial charge in [0.25, 0.3) is 0 Å². The van der Waals surface area contributed by atoms with Gasteiger partial charge in [-0.05, 0) is 17.7 Å². The van der Waals surface area contributed by atoms with E-state index in [4.69, 9.17) is 19.3 Å². The van der Waals surface area contributed by atoms with E-state index in [1.54, 1.807) is 12.1 Å². The van der Waals surface area contributed by atoms with Crippen LogP contribution in [0.5, 0.6) is 17.2 Å². The van der Waals surface area contributed by atoms with E-state index in [9.17, 15) is 9.59 Å². The van der Waals surface area contributed by atoms with Gasteiger partial charge < -0.3 is 24.6 Å². The third-order valence-corrected chi connectivity index (χ3v) is 3.29. The Bertz CT molecular complexity index is 746. The molecule has 1 heterocycles. The predicted octanol–water partition coefficient (Wildman–Crippen LogP) is 1.17. The number of hydrogen-bond donors (Lipinski definition) is 2. The second-order valence-electron chi connectivity index (χ2n) is 5.05. The number of carbonyl (C=O) groups is 2. The fourth-order valence-corrected chi connectivity index (χ4v) is 2.26. The number of nitrogens with zero attached hydrogens (tertiary/aromatic N) is 2. The zero-order valence-electron chi connectivity index (χ0n) is 14.1. The van der Waals surface area contributed by atoms with Crippen molar-refractivity contribution in [3.63, 3.8) is 0 Å². The lowest BCUT2D eigenvalue weighted by Crippen LogP contribution is -2.16. The Morgan fingerprint density at radius 2 is 1.80 bits per heavy atom. The molecule has 2 rings (SSSR count). The third kappa shape index (κ3) is 4.63. The number of nitrogens with one attached hydrogen (secondary N) is 1. The maximum Gasteiger partial charge on any atom is 0.325 e. The molecule has 134 valence electrons. The molecular formula is C16H19N3O6. The minimum atomic E-state index is -1.02. The van der Waals surface area contributed by atoms with Gasteiger partial charge in [0.1, 0.15) is 6.54 Å². The van der Waals surface area contributed by atoms with Crippen molar-refractivity contribution in [3.8, 4) is 17.2 Å². The van der Waals surface area contributed by atoms with E-state index in [1.165, 1.54) is 38.3 Å². The first kappa shape index (κ1) is 18.1. The molecule has 0 fully saturated rings. The topological polar surface area (TPSA) is 112 Å². The molecule has 25 heavy (non-hydrogen) atoms. The monoisotopic (exact) mass is 349 g/mol. The van der Waals surface area contributed by atoms with Gasteiger partial charge in [-0.1, -0.05) is 0 Å². The highest BCUT2D eigenvalue weighted by molar-refractivity contribution is 5.91. The van der Waals surface area contributed by atoms with Crippen molar-refractivity contribution < 1.29 is 28.9 Å². The fraction of sp³-hybridized carbons (Fsp3) is 0.312. The molecule has 0 aliphatic heterocycles. The molecule has 2 aromatic rings. The lowest BCUT2D eigenvalue weighted by molar-refractivity contribution is -0.137. The van der Waals surface area contributed by atoms with Crippen LogP contribution in [-0.2, 0) is 22.6 Å². The van der Waals surface area contributed by atoms with Crippen LogP contribution in [0.3, 0.4) is 0 Å². The van der Waals surface area contributed by atoms with Crippen molar-refractivity contribution in [3.05, 3.63) is 30.0 Å². The molecule has 0 radical (unpaired) electrons. The smallest absolute Gasteiger partial charge is 0.325 e. The number of rotatable bonds is 8. The molecule has 0 saturated heterocycles. The fourth-order valence-electron chi connectivity index (χ4n) is 2.26. The summed E-state index contributed by atoms with van der Waals surface area (Å²) in [6, 6.07) is 4.89. The maximum absolute atomic E-state index is 12.2. The average molecular weight is 349 g/mol. The van der Waals surface area contributed by atoms with E-state index in [1.807, 2.05) is 0 Å². The van der Waals surface area contributed by atoms with E-state index in [0.29, 0.717) is 22.8 Å². The van der Waals surface area contributed by atoms with Gasteiger partial charge >= 0.3 is 5.97 Å². The maximum atomic E-state index is 12.2. The second-order valence-corrected chi connectivity index (χ2v) is 5.05. The van der Waals surface area contributed by atoms with Crippen molar-refractivity contribution in [1.29, 1.82) is 0 Å². The Kier molecular flexibility index (Phi) is 5.83. The van der Waals surface area contributed by atoms with E-state index in [2.05, 4.69) is 10.4 Å². The van der Waals surface area contributed by atoms with Gasteiger partial charge in [-0.25, -0.2) is 0 Å². The summed E-state index contributed by atoms with van der Waals surface area (Å²) in [6.45, 7) is -0.275. The highest BCUT2D eigenvalue weighted by Crippen LogP contribution is 2.38. The molecule has 1 amide bonds. The van der Waals surface area contributed by atoms with Gasteiger partial charge in [-0.15, -0.1) is 0 Å². The zero-order valence-corrected chi connectivity index (χ0v) is 14.1. The van der Waals surface area contributed by atoms with Crippen LogP contribution in [-0.4, -0.2) is 48.1 Å². The van der Waals surface area contributed by atoms with Gasteiger partial charge in [0.05, 0.1) is 27.8 Å². The van der Waals surface area contributed by atoms with Crippen LogP contribution in [0.2, 0.25) is 0 Å². The lowest BCUT2D eigenvalue weighted by Gasteiger charge is -2.14. The molecule has 0 saturated carbocycles. The van der Waals surface area contributed by atoms with Crippen molar-refractivity contribution in [2.75, 3.05) is 26.6 Å². The van der Waals surface area contributed by atoms with Crippen molar-refractivity contribution in [1.82, 2.24) is 9.78 Å². The largest absolute Gasteiger partial charge is 0.493 e. The Balaban J connectivity index is 2.09. The van der Waals surface area contributed by atoms with Gasteiger partial charge in [0, 0.05) is 12.3 Å². The summed E-state index contributed by atoms with van der Waals surface area (Å²) >= 11 is 0. The summed E-state index contributed by atoms with van der Waals surface area (Å²) < 4.78 is 17.0. The number of aliphatic carboxylic acids is 1. The molecule has 1 aromatic heterocycles. The number of amides is 1. The van der Waals surface area contributed by atoms with Crippen LogP contribution in [0.15, 0.2) is 24.4 Å². The van der Waals surface area contributed by atoms with Crippen LogP contribution < -0.4 is 19.5 Å². The normalized spacial score (nSPS) is 10.2. The van der Waals surface area contributed by atoms with E-state index in [0.717, 1.165) is 0 Å². The Hall–Kier alpha value is -3.23. The average Bonchev–Trinajstić information content (AvgIpc) is 2.99. The van der Waals surface area contributed by atoms with Crippen LogP contribution in [0.25, 0.3) is 0 Å². The standard InChI is InChI=1S/C16H19N3O6/c1-23-11-6-10(7-12(24-2)16(11)25-3)8-14(20)17-13-4-5-19(18-13)9-15(21)22/h4-7H,8-9H2,1-3H3,(H,21,22)(H,17,18,20). The second kappa shape index (κ2) is 8.04. The summed E-state index contributed by atoms with van der Waals surface area (Å²) in [5, 5.41) is 15.3. The Morgan fingerprint density at radius 3 is 2.32 bits per heavy atom. The molecule has 0 spiro atoms. The first-order valence-electron chi connectivity index (χ1n) is 7.30. The summed E-state index contributed by atoms with van der Waals surface area (Å²) in [5.74, 6) is 0.305. The van der Waals surface area contributed by atoms with E-state index >= 15 is 0 Å². The van der Waals surface area contributed by atoms with Crippen LogP contribution in [0.1, 0.15) is 5.56 Å². The molecule has 0 unspecified atom stereocenters. The summed E-state index contributed by atoms with van der Waals surface area (Å²) in [7, 11) is 4.49. The van der Waals surface area contributed by atoms with Crippen LogP contribution >= 0.6 is 0 Å².